The summed E-state index contributed by atoms with van der Waals surface area (Å²) in [5.41, 5.74) is 1.78. The van der Waals surface area contributed by atoms with Gasteiger partial charge < -0.3 is 15.1 Å². The quantitative estimate of drug-likeness (QED) is 0.816. The molecule has 2 aromatic rings. The van der Waals surface area contributed by atoms with E-state index in [4.69, 9.17) is 4.42 Å². The molecule has 0 aliphatic heterocycles. The van der Waals surface area contributed by atoms with E-state index in [2.05, 4.69) is 10.6 Å². The Morgan fingerprint density at radius 2 is 1.96 bits per heavy atom. The highest BCUT2D eigenvalue weighted by Gasteiger charge is 2.20. The average molecular weight is 329 g/mol. The number of rotatable bonds is 7. The number of benzene rings is 1. The monoisotopic (exact) mass is 329 g/mol. The van der Waals surface area contributed by atoms with Gasteiger partial charge in [0.1, 0.15) is 5.76 Å². The first-order chi connectivity index (χ1) is 11.5. The molecule has 0 aliphatic rings. The molecule has 128 valence electrons. The lowest BCUT2D eigenvalue weighted by Crippen LogP contribution is -2.44. The molecule has 0 spiro atoms. The van der Waals surface area contributed by atoms with Crippen molar-refractivity contribution in [2.75, 3.05) is 18.9 Å². The Hall–Kier alpha value is -2.60. The molecule has 1 heterocycles. The summed E-state index contributed by atoms with van der Waals surface area (Å²) in [6.07, 6.45) is 1.56. The van der Waals surface area contributed by atoms with Crippen LogP contribution in [-0.2, 0) is 16.1 Å². The van der Waals surface area contributed by atoms with E-state index < -0.39 is 6.04 Å². The minimum Gasteiger partial charge on any atom is -0.467 e. The fourth-order valence-corrected chi connectivity index (χ4v) is 2.17. The highest BCUT2D eigenvalue weighted by molar-refractivity contribution is 5.95. The molecule has 2 rings (SSSR count). The number of likely N-dealkylation sites (N-methyl/N-ethyl adjacent to an activating group) is 1. The van der Waals surface area contributed by atoms with E-state index in [0.717, 1.165) is 11.3 Å². The van der Waals surface area contributed by atoms with Crippen LogP contribution in [-0.4, -0.2) is 36.3 Å². The third-order valence-electron chi connectivity index (χ3n) is 3.88. The third kappa shape index (κ3) is 4.96. The number of nitrogens with zero attached hydrogens (tertiary/aromatic N) is 1. The number of hydrogen-bond donors (Lipinski definition) is 2. The fraction of sp³-hybridized carbons (Fsp3) is 0.333. The summed E-state index contributed by atoms with van der Waals surface area (Å²) in [4.78, 5) is 26.0. The molecular weight excluding hydrogens is 306 g/mol. The first-order valence-electron chi connectivity index (χ1n) is 7.83. The predicted molar refractivity (Wildman–Crippen MR) is 92.5 cm³/mol. The Bertz CT molecular complexity index is 683. The van der Waals surface area contributed by atoms with Crippen LogP contribution in [0.1, 0.15) is 18.2 Å². The van der Waals surface area contributed by atoms with Crippen LogP contribution in [0.25, 0.3) is 0 Å². The Kier molecular flexibility index (Phi) is 6.14. The van der Waals surface area contributed by atoms with Crippen LogP contribution < -0.4 is 10.6 Å². The number of carbonyl (C=O) groups excluding carboxylic acids is 2. The van der Waals surface area contributed by atoms with Gasteiger partial charge in [0.05, 0.1) is 25.4 Å². The molecule has 6 nitrogen and oxygen atoms in total. The zero-order chi connectivity index (χ0) is 17.5. The molecule has 0 saturated heterocycles. The normalized spacial score (nSPS) is 12.0. The van der Waals surface area contributed by atoms with Gasteiger partial charge in [-0.05, 0) is 44.7 Å². The van der Waals surface area contributed by atoms with Gasteiger partial charge in [-0.15, -0.1) is 0 Å². The van der Waals surface area contributed by atoms with E-state index >= 15 is 0 Å². The lowest BCUT2D eigenvalue weighted by atomic mass is 10.2. The van der Waals surface area contributed by atoms with Gasteiger partial charge in [0.2, 0.25) is 11.8 Å². The molecule has 0 aliphatic carbocycles. The molecule has 0 unspecified atom stereocenters. The van der Waals surface area contributed by atoms with E-state index in [0.29, 0.717) is 12.3 Å². The summed E-state index contributed by atoms with van der Waals surface area (Å²) in [6.45, 7) is 4.17. The highest BCUT2D eigenvalue weighted by atomic mass is 16.3. The zero-order valence-corrected chi connectivity index (χ0v) is 14.2. The average Bonchev–Trinajstić information content (AvgIpc) is 3.07. The highest BCUT2D eigenvalue weighted by Crippen LogP contribution is 2.14. The van der Waals surface area contributed by atoms with Gasteiger partial charge in [-0.2, -0.15) is 0 Å². The second kappa shape index (κ2) is 8.31. The van der Waals surface area contributed by atoms with Gasteiger partial charge in [-0.3, -0.25) is 14.5 Å². The number of furan rings is 1. The van der Waals surface area contributed by atoms with Gasteiger partial charge in [-0.25, -0.2) is 0 Å². The number of anilines is 1. The van der Waals surface area contributed by atoms with Crippen LogP contribution in [0.2, 0.25) is 0 Å². The molecule has 1 atom stereocenters. The van der Waals surface area contributed by atoms with Gasteiger partial charge >= 0.3 is 0 Å². The maximum Gasteiger partial charge on any atom is 0.241 e. The van der Waals surface area contributed by atoms with Crippen molar-refractivity contribution in [2.24, 2.45) is 0 Å². The van der Waals surface area contributed by atoms with Crippen molar-refractivity contribution < 1.29 is 14.0 Å². The van der Waals surface area contributed by atoms with Crippen molar-refractivity contribution >= 4 is 17.5 Å². The summed E-state index contributed by atoms with van der Waals surface area (Å²) in [5.74, 6) is 0.381. The van der Waals surface area contributed by atoms with Crippen LogP contribution in [0, 0.1) is 6.92 Å². The smallest absolute Gasteiger partial charge is 0.241 e. The van der Waals surface area contributed by atoms with E-state index in [1.165, 1.54) is 0 Å². The number of hydrogen-bond acceptors (Lipinski definition) is 4. The summed E-state index contributed by atoms with van der Waals surface area (Å²) >= 11 is 0. The number of carbonyl (C=O) groups is 2. The summed E-state index contributed by atoms with van der Waals surface area (Å²) in [7, 11) is 1.74. The van der Waals surface area contributed by atoms with Crippen molar-refractivity contribution in [3.8, 4) is 0 Å². The van der Waals surface area contributed by atoms with Crippen molar-refractivity contribution in [2.45, 2.75) is 26.4 Å². The van der Waals surface area contributed by atoms with Gasteiger partial charge in [0, 0.05) is 5.69 Å². The minimum atomic E-state index is -0.432. The van der Waals surface area contributed by atoms with Gasteiger partial charge in [0.15, 0.2) is 0 Å². The number of aryl methyl sites for hydroxylation is 1. The van der Waals surface area contributed by atoms with Crippen LogP contribution in [0.3, 0.4) is 0 Å². The molecule has 1 aromatic carbocycles. The molecule has 0 saturated carbocycles. The van der Waals surface area contributed by atoms with Crippen molar-refractivity contribution in [3.63, 3.8) is 0 Å². The topological polar surface area (TPSA) is 74.6 Å². The molecule has 0 radical (unpaired) electrons. The lowest BCUT2D eigenvalue weighted by Gasteiger charge is -2.23. The second-order valence-electron chi connectivity index (χ2n) is 5.75. The van der Waals surface area contributed by atoms with E-state index in [1.807, 2.05) is 31.2 Å². The Morgan fingerprint density at radius 3 is 2.62 bits per heavy atom. The van der Waals surface area contributed by atoms with Gasteiger partial charge in [-0.1, -0.05) is 18.2 Å². The van der Waals surface area contributed by atoms with E-state index in [1.54, 1.807) is 37.3 Å². The first-order valence-corrected chi connectivity index (χ1v) is 7.83. The third-order valence-corrected chi connectivity index (χ3v) is 3.88. The number of nitrogens with one attached hydrogen (secondary N) is 2. The van der Waals surface area contributed by atoms with Crippen molar-refractivity contribution in [3.05, 3.63) is 54.0 Å². The molecule has 0 fully saturated rings. The lowest BCUT2D eigenvalue weighted by molar-refractivity contribution is -0.125. The van der Waals surface area contributed by atoms with Crippen molar-refractivity contribution in [1.82, 2.24) is 10.2 Å². The molecule has 1 aromatic heterocycles. The fourth-order valence-electron chi connectivity index (χ4n) is 2.17. The maximum absolute atomic E-state index is 12.3. The van der Waals surface area contributed by atoms with Crippen molar-refractivity contribution in [1.29, 1.82) is 0 Å². The second-order valence-corrected chi connectivity index (χ2v) is 5.75. The van der Waals surface area contributed by atoms with Crippen LogP contribution in [0.15, 0.2) is 47.1 Å². The van der Waals surface area contributed by atoms with Crippen LogP contribution >= 0.6 is 0 Å². The summed E-state index contributed by atoms with van der Waals surface area (Å²) < 4.78 is 5.16. The Labute approximate surface area is 141 Å². The largest absolute Gasteiger partial charge is 0.467 e. The van der Waals surface area contributed by atoms with Gasteiger partial charge in [0.25, 0.3) is 0 Å². The van der Waals surface area contributed by atoms with Crippen LogP contribution in [0.5, 0.6) is 0 Å². The Balaban J connectivity index is 1.82. The first kappa shape index (κ1) is 17.7. The predicted octanol–water partition coefficient (Wildman–Crippen LogP) is 2.16. The molecule has 0 bridgehead atoms. The summed E-state index contributed by atoms with van der Waals surface area (Å²) in [5, 5.41) is 5.65. The molecule has 2 N–H and O–H groups in total. The maximum atomic E-state index is 12.3. The molecule has 24 heavy (non-hydrogen) atoms. The van der Waals surface area contributed by atoms with E-state index in [9.17, 15) is 9.59 Å². The van der Waals surface area contributed by atoms with Crippen LogP contribution in [0.4, 0.5) is 5.69 Å². The van der Waals surface area contributed by atoms with E-state index in [-0.39, 0.29) is 18.4 Å². The minimum absolute atomic E-state index is 0.128. The zero-order valence-electron chi connectivity index (χ0n) is 14.2. The molecular formula is C18H23N3O3. The number of para-hydroxylation sites is 1. The SMILES string of the molecule is Cc1ccccc1NC(=O)[C@H](C)N(C)CC(=O)NCc1ccco1. The molecule has 6 heteroatoms. The molecule has 2 amide bonds. The number of amides is 2. The Morgan fingerprint density at radius 1 is 1.21 bits per heavy atom. The summed E-state index contributed by atoms with van der Waals surface area (Å²) in [6, 6.07) is 10.7. The standard InChI is InChI=1S/C18H23N3O3/c1-13-7-4-5-9-16(13)20-18(23)14(2)21(3)12-17(22)19-11-15-8-6-10-24-15/h4-10,14H,11-12H2,1-3H3,(H,19,22)(H,20,23)/t14-/m0/s1.